The van der Waals surface area contributed by atoms with Crippen LogP contribution in [0, 0.1) is 0 Å². The molecule has 1 heterocycles. The lowest BCUT2D eigenvalue weighted by Gasteiger charge is -2.16. The number of ether oxygens (including phenoxy) is 1. The number of carbonyl (C=O) groups is 1. The van der Waals surface area contributed by atoms with Crippen molar-refractivity contribution < 1.29 is 9.53 Å². The highest BCUT2D eigenvalue weighted by atomic mass is 16.5. The van der Waals surface area contributed by atoms with Crippen molar-refractivity contribution in [3.8, 4) is 0 Å². The number of carbonyl (C=O) groups excluding carboxylic acids is 1. The molecule has 5 nitrogen and oxygen atoms in total. The zero-order valence-electron chi connectivity index (χ0n) is 11.9. The van der Waals surface area contributed by atoms with Crippen molar-refractivity contribution in [2.75, 3.05) is 0 Å². The Hall–Kier alpha value is -1.36. The quantitative estimate of drug-likeness (QED) is 0.531. The molecule has 1 aromatic heterocycles. The van der Waals surface area contributed by atoms with Crippen molar-refractivity contribution in [3.63, 3.8) is 0 Å². The first-order valence-electron chi connectivity index (χ1n) is 7.06. The van der Waals surface area contributed by atoms with Crippen LogP contribution in [0.15, 0.2) is 12.5 Å². The second kappa shape index (κ2) is 8.69. The van der Waals surface area contributed by atoms with E-state index in [0.717, 1.165) is 18.5 Å². The topological polar surface area (TPSA) is 81.0 Å². The number of H-pyrrole nitrogens is 1. The number of nitrogens with one attached hydrogen (secondary N) is 1. The number of hydrogen-bond acceptors (Lipinski definition) is 4. The summed E-state index contributed by atoms with van der Waals surface area (Å²) < 4.78 is 5.34. The summed E-state index contributed by atoms with van der Waals surface area (Å²) in [7, 11) is 0. The van der Waals surface area contributed by atoms with E-state index in [1.165, 1.54) is 19.3 Å². The molecule has 0 aromatic carbocycles. The third-order valence-electron chi connectivity index (χ3n) is 3.08. The first-order chi connectivity index (χ1) is 9.13. The van der Waals surface area contributed by atoms with Crippen LogP contribution < -0.4 is 5.73 Å². The van der Waals surface area contributed by atoms with Crippen molar-refractivity contribution in [1.29, 1.82) is 0 Å². The smallest absolute Gasteiger partial charge is 0.323 e. The van der Waals surface area contributed by atoms with Crippen molar-refractivity contribution in [2.45, 2.75) is 64.5 Å². The number of nitrogens with zero attached hydrogens (tertiary/aromatic N) is 1. The maximum Gasteiger partial charge on any atom is 0.323 e. The second-order valence-corrected chi connectivity index (χ2v) is 4.98. The predicted molar refractivity (Wildman–Crippen MR) is 74.6 cm³/mol. The van der Waals surface area contributed by atoms with E-state index in [0.29, 0.717) is 6.42 Å². The molecular formula is C14H25N3O2. The Morgan fingerprint density at radius 3 is 2.89 bits per heavy atom. The van der Waals surface area contributed by atoms with Crippen molar-refractivity contribution >= 4 is 5.97 Å². The van der Waals surface area contributed by atoms with E-state index in [1.807, 2.05) is 6.92 Å². The van der Waals surface area contributed by atoms with E-state index in [1.54, 1.807) is 12.5 Å². The summed E-state index contributed by atoms with van der Waals surface area (Å²) in [4.78, 5) is 18.6. The summed E-state index contributed by atoms with van der Waals surface area (Å²) in [6.07, 6.45) is 9.26. The summed E-state index contributed by atoms with van der Waals surface area (Å²) in [5.74, 6) is -0.336. The fourth-order valence-electron chi connectivity index (χ4n) is 1.92. The van der Waals surface area contributed by atoms with E-state index in [-0.39, 0.29) is 12.1 Å². The molecule has 0 fully saturated rings. The molecule has 3 N–H and O–H groups in total. The lowest BCUT2D eigenvalue weighted by atomic mass is 10.1. The number of rotatable bonds is 9. The number of aromatic amines is 1. The normalized spacial score (nSPS) is 14.1. The molecule has 0 amide bonds. The maximum atomic E-state index is 11.8. The highest BCUT2D eigenvalue weighted by molar-refractivity contribution is 5.75. The van der Waals surface area contributed by atoms with Crippen LogP contribution in [0.1, 0.15) is 51.6 Å². The van der Waals surface area contributed by atoms with Gasteiger partial charge < -0.3 is 15.5 Å². The van der Waals surface area contributed by atoms with Gasteiger partial charge >= 0.3 is 5.97 Å². The van der Waals surface area contributed by atoms with Gasteiger partial charge in [-0.15, -0.1) is 0 Å². The number of hydrogen-bond donors (Lipinski definition) is 2. The average molecular weight is 267 g/mol. The molecule has 1 rings (SSSR count). The highest BCUT2D eigenvalue weighted by Gasteiger charge is 2.18. The van der Waals surface area contributed by atoms with Crippen LogP contribution in [0.3, 0.4) is 0 Å². The Morgan fingerprint density at radius 1 is 1.47 bits per heavy atom. The van der Waals surface area contributed by atoms with E-state index in [9.17, 15) is 4.79 Å². The van der Waals surface area contributed by atoms with Gasteiger partial charge in [0.1, 0.15) is 6.04 Å². The predicted octanol–water partition coefficient (Wildman–Crippen LogP) is 2.18. The summed E-state index contributed by atoms with van der Waals surface area (Å²) in [6.45, 7) is 4.10. The Balaban J connectivity index is 2.21. The van der Waals surface area contributed by atoms with Crippen LogP contribution >= 0.6 is 0 Å². The first-order valence-corrected chi connectivity index (χ1v) is 7.06. The van der Waals surface area contributed by atoms with Crippen LogP contribution in [0.5, 0.6) is 0 Å². The number of aromatic nitrogens is 2. The molecule has 108 valence electrons. The van der Waals surface area contributed by atoms with Crippen molar-refractivity contribution in [2.24, 2.45) is 5.73 Å². The third-order valence-corrected chi connectivity index (χ3v) is 3.08. The lowest BCUT2D eigenvalue weighted by molar-refractivity contribution is -0.150. The monoisotopic (exact) mass is 267 g/mol. The van der Waals surface area contributed by atoms with E-state index < -0.39 is 6.04 Å². The van der Waals surface area contributed by atoms with Crippen LogP contribution in [0.2, 0.25) is 0 Å². The van der Waals surface area contributed by atoms with Gasteiger partial charge in [0.05, 0.1) is 12.4 Å². The fraction of sp³-hybridized carbons (Fsp3) is 0.714. The number of nitrogens with two attached hydrogens (primary N) is 1. The minimum absolute atomic E-state index is 0.0582. The Bertz CT molecular complexity index is 352. The zero-order chi connectivity index (χ0) is 14.1. The van der Waals surface area contributed by atoms with E-state index >= 15 is 0 Å². The fourth-order valence-corrected chi connectivity index (χ4v) is 1.92. The number of esters is 1. The van der Waals surface area contributed by atoms with Crippen molar-refractivity contribution in [3.05, 3.63) is 18.2 Å². The molecule has 19 heavy (non-hydrogen) atoms. The van der Waals surface area contributed by atoms with Crippen LogP contribution in [0.4, 0.5) is 0 Å². The molecule has 0 spiro atoms. The van der Waals surface area contributed by atoms with Crippen molar-refractivity contribution in [1.82, 2.24) is 9.97 Å². The van der Waals surface area contributed by atoms with Gasteiger partial charge in [-0.3, -0.25) is 4.79 Å². The van der Waals surface area contributed by atoms with Gasteiger partial charge in [0, 0.05) is 18.3 Å². The molecule has 0 saturated heterocycles. The summed E-state index contributed by atoms with van der Waals surface area (Å²) in [5.41, 5.74) is 6.66. The molecule has 0 bridgehead atoms. The Labute approximate surface area is 114 Å². The minimum Gasteiger partial charge on any atom is -0.462 e. The average Bonchev–Trinajstić information content (AvgIpc) is 2.87. The lowest BCUT2D eigenvalue weighted by Crippen LogP contribution is -2.36. The largest absolute Gasteiger partial charge is 0.462 e. The minimum atomic E-state index is -0.626. The Morgan fingerprint density at radius 2 is 2.26 bits per heavy atom. The molecule has 0 radical (unpaired) electrons. The second-order valence-electron chi connectivity index (χ2n) is 4.98. The molecule has 1 unspecified atom stereocenters. The number of unbranched alkanes of at least 4 members (excludes halogenated alkanes) is 3. The maximum absolute atomic E-state index is 11.8. The highest BCUT2D eigenvalue weighted by Crippen LogP contribution is 2.09. The summed E-state index contributed by atoms with van der Waals surface area (Å²) >= 11 is 0. The Kier molecular flexibility index (Phi) is 7.18. The van der Waals surface area contributed by atoms with Gasteiger partial charge in [-0.25, -0.2) is 4.98 Å². The van der Waals surface area contributed by atoms with Crippen LogP contribution in [-0.4, -0.2) is 28.1 Å². The van der Waals surface area contributed by atoms with Gasteiger partial charge in [-0.05, 0) is 19.8 Å². The molecule has 2 atom stereocenters. The molecule has 0 aliphatic carbocycles. The van der Waals surface area contributed by atoms with Gasteiger partial charge in [0.15, 0.2) is 0 Å². The molecule has 0 saturated carbocycles. The zero-order valence-corrected chi connectivity index (χ0v) is 11.9. The molecule has 5 heteroatoms. The number of imidazole rings is 1. The molecule has 0 aliphatic rings. The SMILES string of the molecule is CCCCCCC(C)OC(=O)[C@@H](N)Cc1cnc[nH]1. The molecular weight excluding hydrogens is 242 g/mol. The standard InChI is InChI=1S/C14H25N3O2/c1-3-4-5-6-7-11(2)19-14(18)13(15)8-12-9-16-10-17-12/h9-11,13H,3-8,15H2,1-2H3,(H,16,17)/t11?,13-/m0/s1. The molecule has 1 aromatic rings. The summed E-state index contributed by atoms with van der Waals surface area (Å²) in [5, 5.41) is 0. The third kappa shape index (κ3) is 6.38. The van der Waals surface area contributed by atoms with Crippen LogP contribution in [-0.2, 0) is 16.0 Å². The van der Waals surface area contributed by atoms with Gasteiger partial charge in [0.2, 0.25) is 0 Å². The van der Waals surface area contributed by atoms with Gasteiger partial charge in [-0.2, -0.15) is 0 Å². The van der Waals surface area contributed by atoms with Gasteiger partial charge in [0.25, 0.3) is 0 Å². The van der Waals surface area contributed by atoms with Gasteiger partial charge in [-0.1, -0.05) is 26.2 Å². The molecule has 0 aliphatic heterocycles. The van der Waals surface area contributed by atoms with E-state index in [4.69, 9.17) is 10.5 Å². The van der Waals surface area contributed by atoms with E-state index in [2.05, 4.69) is 16.9 Å². The summed E-state index contributed by atoms with van der Waals surface area (Å²) in [6, 6.07) is -0.626. The first kappa shape index (κ1) is 15.7. The van der Waals surface area contributed by atoms with Crippen LogP contribution in [0.25, 0.3) is 0 Å².